The number of phenolic OH excluding ortho intramolecular Hbond substituents is 2. The molecule has 0 radical (unpaired) electrons. The molecule has 2 rings (SSSR count). The Hall–Kier alpha value is -2.63. The highest BCUT2D eigenvalue weighted by atomic mass is 19.2. The first-order valence-electron chi connectivity index (χ1n) is 6.16. The number of carbonyl (C=O) groups is 1. The lowest BCUT2D eigenvalue weighted by Gasteiger charge is -2.15. The van der Waals surface area contributed by atoms with Crippen LogP contribution in [0.5, 0.6) is 11.5 Å². The zero-order valence-corrected chi connectivity index (χ0v) is 11.1. The number of hydrogen-bond acceptors (Lipinski definition) is 3. The number of benzene rings is 2. The van der Waals surface area contributed by atoms with Crippen molar-refractivity contribution in [1.82, 2.24) is 5.32 Å². The number of aromatic hydroxyl groups is 2. The second kappa shape index (κ2) is 5.78. The van der Waals surface area contributed by atoms with Crippen LogP contribution in [-0.2, 0) is 0 Å². The molecule has 1 amide bonds. The lowest BCUT2D eigenvalue weighted by Crippen LogP contribution is -2.27. The van der Waals surface area contributed by atoms with Crippen LogP contribution < -0.4 is 5.32 Å². The van der Waals surface area contributed by atoms with Crippen molar-refractivity contribution in [3.8, 4) is 11.5 Å². The fourth-order valence-electron chi connectivity index (χ4n) is 1.94. The van der Waals surface area contributed by atoms with Crippen molar-refractivity contribution in [1.29, 1.82) is 0 Å². The van der Waals surface area contributed by atoms with Crippen LogP contribution in [0.4, 0.5) is 8.78 Å². The van der Waals surface area contributed by atoms with E-state index in [-0.39, 0.29) is 22.6 Å². The smallest absolute Gasteiger partial charge is 0.252 e. The number of amides is 1. The van der Waals surface area contributed by atoms with E-state index in [1.165, 1.54) is 19.1 Å². The van der Waals surface area contributed by atoms with Gasteiger partial charge in [0.1, 0.15) is 11.5 Å². The van der Waals surface area contributed by atoms with Crippen LogP contribution in [0, 0.1) is 11.6 Å². The molecule has 0 saturated carbocycles. The maximum Gasteiger partial charge on any atom is 0.252 e. The first kappa shape index (κ1) is 14.8. The highest BCUT2D eigenvalue weighted by molar-refractivity contribution is 5.95. The van der Waals surface area contributed by atoms with Crippen molar-refractivity contribution in [3.63, 3.8) is 0 Å². The summed E-state index contributed by atoms with van der Waals surface area (Å²) in [5.74, 6) is -3.19. The van der Waals surface area contributed by atoms with E-state index in [0.29, 0.717) is 0 Å². The number of halogens is 2. The van der Waals surface area contributed by atoms with E-state index in [2.05, 4.69) is 5.32 Å². The Kier molecular flexibility index (Phi) is 4.07. The molecular formula is C15H13F2NO3. The van der Waals surface area contributed by atoms with E-state index in [9.17, 15) is 23.8 Å². The van der Waals surface area contributed by atoms with Gasteiger partial charge in [0.25, 0.3) is 5.91 Å². The second-order valence-corrected chi connectivity index (χ2v) is 4.58. The second-order valence-electron chi connectivity index (χ2n) is 4.58. The maximum atomic E-state index is 13.6. The van der Waals surface area contributed by atoms with Gasteiger partial charge in [-0.1, -0.05) is 12.1 Å². The Balaban J connectivity index is 2.21. The van der Waals surface area contributed by atoms with Crippen LogP contribution in [0.25, 0.3) is 0 Å². The molecule has 2 aromatic rings. The van der Waals surface area contributed by atoms with Gasteiger partial charge in [0.2, 0.25) is 0 Å². The number of rotatable bonds is 3. The molecule has 0 unspecified atom stereocenters. The SMILES string of the molecule is C[C@H](NC(=O)c1cc(O)cc(O)c1)c1cccc(F)c1F. The van der Waals surface area contributed by atoms with Gasteiger partial charge in [-0.3, -0.25) is 4.79 Å². The van der Waals surface area contributed by atoms with E-state index >= 15 is 0 Å². The fourth-order valence-corrected chi connectivity index (χ4v) is 1.94. The van der Waals surface area contributed by atoms with Crippen molar-refractivity contribution in [2.24, 2.45) is 0 Å². The van der Waals surface area contributed by atoms with Crippen molar-refractivity contribution < 1.29 is 23.8 Å². The van der Waals surface area contributed by atoms with Gasteiger partial charge in [-0.15, -0.1) is 0 Å². The highest BCUT2D eigenvalue weighted by Crippen LogP contribution is 2.22. The van der Waals surface area contributed by atoms with Crippen molar-refractivity contribution in [2.45, 2.75) is 13.0 Å². The minimum Gasteiger partial charge on any atom is -0.508 e. The number of phenols is 2. The first-order valence-corrected chi connectivity index (χ1v) is 6.16. The molecule has 0 aliphatic carbocycles. The number of carbonyl (C=O) groups excluding carboxylic acids is 1. The summed E-state index contributed by atoms with van der Waals surface area (Å²) in [7, 11) is 0. The molecule has 0 bridgehead atoms. The summed E-state index contributed by atoms with van der Waals surface area (Å²) in [6, 6.07) is 6.30. The van der Waals surface area contributed by atoms with Gasteiger partial charge in [0, 0.05) is 17.2 Å². The summed E-state index contributed by atoms with van der Waals surface area (Å²) in [6.45, 7) is 1.50. The molecule has 0 aromatic heterocycles. The van der Waals surface area contributed by atoms with Crippen molar-refractivity contribution in [3.05, 3.63) is 59.2 Å². The third kappa shape index (κ3) is 3.28. The lowest BCUT2D eigenvalue weighted by molar-refractivity contribution is 0.0938. The molecule has 0 aliphatic rings. The van der Waals surface area contributed by atoms with E-state index in [0.717, 1.165) is 24.3 Å². The minimum atomic E-state index is -1.02. The third-order valence-corrected chi connectivity index (χ3v) is 2.96. The van der Waals surface area contributed by atoms with Gasteiger partial charge < -0.3 is 15.5 Å². The van der Waals surface area contributed by atoms with Crippen LogP contribution >= 0.6 is 0 Å². The molecule has 110 valence electrons. The fraction of sp³-hybridized carbons (Fsp3) is 0.133. The summed E-state index contributed by atoms with van der Waals surface area (Å²) >= 11 is 0. The van der Waals surface area contributed by atoms with Crippen LogP contribution in [0.2, 0.25) is 0 Å². The van der Waals surface area contributed by atoms with E-state index in [1.807, 2.05) is 0 Å². The predicted octanol–water partition coefficient (Wildman–Crippen LogP) is 2.87. The van der Waals surface area contributed by atoms with Crippen LogP contribution in [0.15, 0.2) is 36.4 Å². The van der Waals surface area contributed by atoms with Gasteiger partial charge in [-0.05, 0) is 25.1 Å². The molecular weight excluding hydrogens is 280 g/mol. The molecule has 6 heteroatoms. The Labute approximate surface area is 119 Å². The van der Waals surface area contributed by atoms with Gasteiger partial charge in [0.05, 0.1) is 6.04 Å². The van der Waals surface area contributed by atoms with Crippen molar-refractivity contribution >= 4 is 5.91 Å². The molecule has 0 saturated heterocycles. The quantitative estimate of drug-likeness (QED) is 0.815. The van der Waals surface area contributed by atoms with Gasteiger partial charge >= 0.3 is 0 Å². The minimum absolute atomic E-state index is 0.00715. The highest BCUT2D eigenvalue weighted by Gasteiger charge is 2.17. The molecule has 21 heavy (non-hydrogen) atoms. The van der Waals surface area contributed by atoms with E-state index in [1.54, 1.807) is 0 Å². The summed E-state index contributed by atoms with van der Waals surface area (Å²) in [6.07, 6.45) is 0. The lowest BCUT2D eigenvalue weighted by atomic mass is 10.1. The molecule has 0 fully saturated rings. The van der Waals surface area contributed by atoms with E-state index in [4.69, 9.17) is 0 Å². The molecule has 2 aromatic carbocycles. The molecule has 0 heterocycles. The summed E-state index contributed by atoms with van der Waals surface area (Å²) in [5, 5.41) is 21.1. The molecule has 0 spiro atoms. The van der Waals surface area contributed by atoms with Crippen LogP contribution in [0.1, 0.15) is 28.9 Å². The average molecular weight is 293 g/mol. The third-order valence-electron chi connectivity index (χ3n) is 2.96. The van der Waals surface area contributed by atoms with Crippen LogP contribution in [-0.4, -0.2) is 16.1 Å². The van der Waals surface area contributed by atoms with Gasteiger partial charge in [0.15, 0.2) is 11.6 Å². The topological polar surface area (TPSA) is 69.6 Å². The van der Waals surface area contributed by atoms with E-state index < -0.39 is 23.6 Å². The Bertz CT molecular complexity index is 668. The number of hydrogen-bond donors (Lipinski definition) is 3. The Morgan fingerprint density at radius 3 is 2.38 bits per heavy atom. The van der Waals surface area contributed by atoms with Gasteiger partial charge in [-0.25, -0.2) is 8.78 Å². The average Bonchev–Trinajstić information content (AvgIpc) is 2.40. The maximum absolute atomic E-state index is 13.6. The molecule has 1 atom stereocenters. The van der Waals surface area contributed by atoms with Crippen LogP contribution in [0.3, 0.4) is 0 Å². The van der Waals surface area contributed by atoms with Crippen molar-refractivity contribution in [2.75, 3.05) is 0 Å². The first-order chi connectivity index (χ1) is 9.88. The molecule has 3 N–H and O–H groups in total. The largest absolute Gasteiger partial charge is 0.508 e. The Morgan fingerprint density at radius 2 is 1.76 bits per heavy atom. The summed E-state index contributed by atoms with van der Waals surface area (Å²) in [4.78, 5) is 12.0. The normalized spacial score (nSPS) is 12.0. The Morgan fingerprint density at radius 1 is 1.14 bits per heavy atom. The van der Waals surface area contributed by atoms with Gasteiger partial charge in [-0.2, -0.15) is 0 Å². The molecule has 4 nitrogen and oxygen atoms in total. The standard InChI is InChI=1S/C15H13F2NO3/c1-8(12-3-2-4-13(16)14(12)17)18-15(21)9-5-10(19)7-11(20)6-9/h2-8,19-20H,1H3,(H,18,21)/t8-/m0/s1. The zero-order chi connectivity index (χ0) is 15.6. The number of nitrogens with one attached hydrogen (secondary N) is 1. The monoisotopic (exact) mass is 293 g/mol. The molecule has 0 aliphatic heterocycles. The zero-order valence-electron chi connectivity index (χ0n) is 11.1. The summed E-state index contributed by atoms with van der Waals surface area (Å²) < 4.78 is 26.8. The predicted molar refractivity (Wildman–Crippen MR) is 72.0 cm³/mol. The summed E-state index contributed by atoms with van der Waals surface area (Å²) in [5.41, 5.74) is 0.0175.